The van der Waals surface area contributed by atoms with Gasteiger partial charge in [-0.25, -0.2) is 0 Å². The number of rotatable bonds is 8. The van der Waals surface area contributed by atoms with Gasteiger partial charge in [-0.05, 0) is 87.8 Å². The van der Waals surface area contributed by atoms with E-state index in [2.05, 4.69) is 22.2 Å². The molecule has 1 saturated heterocycles. The van der Waals surface area contributed by atoms with Crippen LogP contribution in [0.5, 0.6) is 5.75 Å². The van der Waals surface area contributed by atoms with E-state index in [0.29, 0.717) is 29.9 Å². The number of H-pyrrole nitrogens is 1. The molecule has 2 aromatic carbocycles. The fraction of sp³-hybridized carbons (Fsp3) is 0.406. The summed E-state index contributed by atoms with van der Waals surface area (Å²) in [6.07, 6.45) is 3.26. The van der Waals surface area contributed by atoms with E-state index in [9.17, 15) is 14.7 Å². The van der Waals surface area contributed by atoms with Crippen LogP contribution in [0, 0.1) is 13.8 Å². The second kappa shape index (κ2) is 11.1. The lowest BCUT2D eigenvalue weighted by molar-refractivity contribution is 0.0617. The van der Waals surface area contributed by atoms with Gasteiger partial charge < -0.3 is 29.9 Å². The Labute approximate surface area is 239 Å². The molecule has 0 radical (unpaired) electrons. The molecule has 9 nitrogen and oxygen atoms in total. The standard InChI is InChI=1S/C32H37N5O4/c1-19-4-5-29(20(2)12-19)41-18-24(38)16-34-26-6-9-33-31(39)30(26)28-14-21-13-25-22(15-27(21)35-28)17-37(32(25)40)23-7-10-36(3)11-8-23/h4-6,9,12-13,15,23-24,38H,7-8,10-11,14,16-18H2,1-3H3,(H2,33,34,39). The zero-order valence-electron chi connectivity index (χ0n) is 23.9. The third-order valence-corrected chi connectivity index (χ3v) is 8.42. The maximum absolute atomic E-state index is 13.3. The van der Waals surface area contributed by atoms with Gasteiger partial charge in [0.05, 0.1) is 22.6 Å². The zero-order chi connectivity index (χ0) is 28.7. The number of pyridine rings is 1. The molecule has 1 unspecified atom stereocenters. The number of benzene rings is 2. The largest absolute Gasteiger partial charge is 0.491 e. The van der Waals surface area contributed by atoms with Crippen LogP contribution in [0.25, 0.3) is 0 Å². The summed E-state index contributed by atoms with van der Waals surface area (Å²) in [6.45, 7) is 6.96. The van der Waals surface area contributed by atoms with Crippen LogP contribution < -0.4 is 15.6 Å². The first kappa shape index (κ1) is 27.2. The highest BCUT2D eigenvalue weighted by Crippen LogP contribution is 2.37. The fourth-order valence-corrected chi connectivity index (χ4v) is 6.12. The minimum Gasteiger partial charge on any atom is -0.491 e. The lowest BCUT2D eigenvalue weighted by atomic mass is 10.00. The van der Waals surface area contributed by atoms with Gasteiger partial charge >= 0.3 is 0 Å². The molecule has 41 heavy (non-hydrogen) atoms. The van der Waals surface area contributed by atoms with Crippen LogP contribution in [0.4, 0.5) is 11.4 Å². The average Bonchev–Trinajstić information content (AvgIpc) is 3.50. The first-order chi connectivity index (χ1) is 19.8. The summed E-state index contributed by atoms with van der Waals surface area (Å²) in [7, 11) is 2.12. The summed E-state index contributed by atoms with van der Waals surface area (Å²) < 4.78 is 5.82. The van der Waals surface area contributed by atoms with Gasteiger partial charge in [-0.2, -0.15) is 0 Å². The van der Waals surface area contributed by atoms with Gasteiger partial charge in [0.2, 0.25) is 0 Å². The number of anilines is 1. The minimum atomic E-state index is -0.785. The molecular formula is C32H37N5O4. The predicted octanol–water partition coefficient (Wildman–Crippen LogP) is 3.57. The van der Waals surface area contributed by atoms with E-state index in [0.717, 1.165) is 65.2 Å². The number of ether oxygens (including phenoxy) is 1. The number of piperidine rings is 1. The van der Waals surface area contributed by atoms with Gasteiger partial charge in [0.15, 0.2) is 0 Å². The topological polar surface area (TPSA) is 110 Å². The SMILES string of the molecule is Cc1ccc(OCC(O)CNc2cc[nH]c(=O)c2C2=Nc3cc4c(cc3C2)C(=O)N(C2CCN(C)CC2)C4)c(C)c1. The molecule has 6 rings (SSSR count). The summed E-state index contributed by atoms with van der Waals surface area (Å²) in [5.74, 6) is 0.840. The van der Waals surface area contributed by atoms with E-state index in [1.54, 1.807) is 12.3 Å². The Bertz CT molecular complexity index is 1570. The molecule has 1 atom stereocenters. The van der Waals surface area contributed by atoms with Crippen molar-refractivity contribution in [1.82, 2.24) is 14.8 Å². The number of aromatic nitrogens is 1. The van der Waals surface area contributed by atoms with Crippen LogP contribution in [0.15, 0.2) is 52.4 Å². The molecule has 0 saturated carbocycles. The summed E-state index contributed by atoms with van der Waals surface area (Å²) in [5, 5.41) is 13.8. The Hall–Kier alpha value is -3.95. The molecular weight excluding hydrogens is 518 g/mol. The maximum atomic E-state index is 13.3. The second-order valence-corrected chi connectivity index (χ2v) is 11.6. The smallest absolute Gasteiger partial charge is 0.259 e. The summed E-state index contributed by atoms with van der Waals surface area (Å²) >= 11 is 0. The Kier molecular flexibility index (Phi) is 7.40. The van der Waals surface area contributed by atoms with E-state index < -0.39 is 6.10 Å². The maximum Gasteiger partial charge on any atom is 0.259 e. The molecule has 3 N–H and O–H groups in total. The second-order valence-electron chi connectivity index (χ2n) is 11.6. The fourth-order valence-electron chi connectivity index (χ4n) is 6.12. The Balaban J connectivity index is 1.14. The monoisotopic (exact) mass is 555 g/mol. The average molecular weight is 556 g/mol. The van der Waals surface area contributed by atoms with Gasteiger partial charge in [0.25, 0.3) is 11.5 Å². The number of nitrogens with zero attached hydrogens (tertiary/aromatic N) is 3. The number of hydrogen-bond acceptors (Lipinski definition) is 7. The number of aliphatic hydroxyl groups is 1. The van der Waals surface area contributed by atoms with Crippen LogP contribution in [-0.2, 0) is 13.0 Å². The molecule has 0 aliphatic carbocycles. The van der Waals surface area contributed by atoms with Gasteiger partial charge in [-0.3, -0.25) is 14.6 Å². The number of aromatic amines is 1. The molecule has 0 bridgehead atoms. The predicted molar refractivity (Wildman–Crippen MR) is 160 cm³/mol. The molecule has 0 spiro atoms. The first-order valence-corrected chi connectivity index (χ1v) is 14.3. The molecule has 4 heterocycles. The Morgan fingerprint density at radius 2 is 1.93 bits per heavy atom. The van der Waals surface area contributed by atoms with Crippen molar-refractivity contribution in [3.8, 4) is 5.75 Å². The molecule has 1 amide bonds. The molecule has 3 aliphatic heterocycles. The normalized spacial score (nSPS) is 17.8. The highest BCUT2D eigenvalue weighted by atomic mass is 16.5. The first-order valence-electron chi connectivity index (χ1n) is 14.3. The number of carbonyl (C=O) groups excluding carboxylic acids is 1. The van der Waals surface area contributed by atoms with E-state index in [-0.39, 0.29) is 30.7 Å². The number of aliphatic hydroxyl groups excluding tert-OH is 1. The van der Waals surface area contributed by atoms with E-state index >= 15 is 0 Å². The van der Waals surface area contributed by atoms with Crippen molar-refractivity contribution in [2.45, 2.75) is 51.8 Å². The van der Waals surface area contributed by atoms with E-state index in [1.165, 1.54) is 0 Å². The van der Waals surface area contributed by atoms with Crippen molar-refractivity contribution >= 4 is 23.0 Å². The number of fused-ring (bicyclic) bond motifs is 2. The third-order valence-electron chi connectivity index (χ3n) is 8.42. The van der Waals surface area contributed by atoms with Crippen molar-refractivity contribution < 1.29 is 14.6 Å². The number of hydrogen-bond donors (Lipinski definition) is 3. The van der Waals surface area contributed by atoms with E-state index in [1.807, 2.05) is 49.1 Å². The highest BCUT2D eigenvalue weighted by molar-refractivity contribution is 6.10. The van der Waals surface area contributed by atoms with Crippen LogP contribution in [0.1, 0.15) is 51.0 Å². The van der Waals surface area contributed by atoms with Crippen molar-refractivity contribution in [3.63, 3.8) is 0 Å². The van der Waals surface area contributed by atoms with Gasteiger partial charge in [-0.1, -0.05) is 17.7 Å². The lowest BCUT2D eigenvalue weighted by Crippen LogP contribution is -2.43. The summed E-state index contributed by atoms with van der Waals surface area (Å²) in [6, 6.07) is 12.0. The molecule has 3 aliphatic rings. The van der Waals surface area contributed by atoms with Crippen LogP contribution >= 0.6 is 0 Å². The van der Waals surface area contributed by atoms with Crippen molar-refractivity contribution in [2.24, 2.45) is 4.99 Å². The van der Waals surface area contributed by atoms with Crippen molar-refractivity contribution in [1.29, 1.82) is 0 Å². The molecule has 9 heteroatoms. The number of nitrogens with one attached hydrogen (secondary N) is 2. The van der Waals surface area contributed by atoms with Gasteiger partial charge in [0, 0.05) is 37.3 Å². The van der Waals surface area contributed by atoms with E-state index in [4.69, 9.17) is 9.73 Å². The summed E-state index contributed by atoms with van der Waals surface area (Å²) in [4.78, 5) is 38.2. The lowest BCUT2D eigenvalue weighted by Gasteiger charge is -2.34. The third kappa shape index (κ3) is 5.52. The number of aliphatic imine (C=N–C) groups is 1. The number of likely N-dealkylation sites (tertiary alicyclic amines) is 1. The quantitative estimate of drug-likeness (QED) is 0.392. The number of amides is 1. The Morgan fingerprint density at radius 1 is 1.12 bits per heavy atom. The number of aryl methyl sites for hydroxylation is 2. The highest BCUT2D eigenvalue weighted by Gasteiger charge is 2.35. The van der Waals surface area contributed by atoms with Crippen molar-refractivity contribution in [3.05, 3.63) is 86.3 Å². The van der Waals surface area contributed by atoms with Crippen molar-refractivity contribution in [2.75, 3.05) is 38.6 Å². The molecule has 1 fully saturated rings. The van der Waals surface area contributed by atoms with Crippen LogP contribution in [-0.4, -0.2) is 76.9 Å². The van der Waals surface area contributed by atoms with Crippen LogP contribution in [0.2, 0.25) is 0 Å². The molecule has 214 valence electrons. The van der Waals surface area contributed by atoms with Crippen LogP contribution in [0.3, 0.4) is 0 Å². The molecule has 1 aromatic heterocycles. The molecule has 3 aromatic rings. The zero-order valence-corrected chi connectivity index (χ0v) is 23.9. The number of carbonyl (C=O) groups is 1. The van der Waals surface area contributed by atoms with Gasteiger partial charge in [0.1, 0.15) is 18.5 Å². The van der Waals surface area contributed by atoms with Gasteiger partial charge in [-0.15, -0.1) is 0 Å². The minimum absolute atomic E-state index is 0.0998. The Morgan fingerprint density at radius 3 is 2.71 bits per heavy atom. The summed E-state index contributed by atoms with van der Waals surface area (Å²) in [5.41, 5.74) is 7.14.